The summed E-state index contributed by atoms with van der Waals surface area (Å²) in [6.45, 7) is 12.2. The van der Waals surface area contributed by atoms with Gasteiger partial charge in [0, 0.05) is 21.5 Å². The molecule has 4 nitrogen and oxygen atoms in total. The van der Waals surface area contributed by atoms with Crippen molar-refractivity contribution in [3.8, 4) is 11.6 Å². The minimum Gasteiger partial charge on any atom is -0.306 e. The van der Waals surface area contributed by atoms with E-state index < -0.39 is 0 Å². The van der Waals surface area contributed by atoms with Crippen LogP contribution in [-0.4, -0.2) is 19.1 Å². The van der Waals surface area contributed by atoms with Crippen molar-refractivity contribution in [2.24, 2.45) is 0 Å². The van der Waals surface area contributed by atoms with Gasteiger partial charge in [0.2, 0.25) is 5.95 Å². The number of aromatic nitrogens is 4. The smallest absolute Gasteiger partial charge is 0.234 e. The molecule has 0 N–H and O–H groups in total. The van der Waals surface area contributed by atoms with Gasteiger partial charge in [0.25, 0.3) is 0 Å². The molecule has 0 atom stereocenters. The van der Waals surface area contributed by atoms with E-state index >= 15 is 0 Å². The van der Waals surface area contributed by atoms with Crippen molar-refractivity contribution in [3.63, 3.8) is 0 Å². The van der Waals surface area contributed by atoms with Crippen molar-refractivity contribution in [1.82, 2.24) is 19.1 Å². The number of fused-ring (bicyclic) bond motifs is 6. The molecule has 4 aromatic carbocycles. The van der Waals surface area contributed by atoms with Gasteiger partial charge in [-0.1, -0.05) is 60.7 Å². The normalized spacial score (nSPS) is 11.6. The fourth-order valence-corrected chi connectivity index (χ4v) is 5.60. The second-order valence-electron chi connectivity index (χ2n) is 9.91. The molecule has 7 rings (SSSR count). The van der Waals surface area contributed by atoms with E-state index in [4.69, 9.17) is 9.97 Å². The Labute approximate surface area is 220 Å². The fourth-order valence-electron chi connectivity index (χ4n) is 5.60. The van der Waals surface area contributed by atoms with Crippen LogP contribution in [0.1, 0.15) is 22.3 Å². The lowest BCUT2D eigenvalue weighted by Gasteiger charge is -2.10. The third kappa shape index (κ3) is 3.24. The average Bonchev–Trinajstić information content (AvgIpc) is 3.44. The lowest BCUT2D eigenvalue weighted by molar-refractivity contribution is 0.967. The van der Waals surface area contributed by atoms with Gasteiger partial charge in [0.05, 0.1) is 40.1 Å². The molecule has 0 unspecified atom stereocenters. The molecule has 0 saturated heterocycles. The number of hydrogen-bond donors (Lipinski definition) is 0. The first-order valence-corrected chi connectivity index (χ1v) is 12.7. The Morgan fingerprint density at radius 1 is 0.553 bits per heavy atom. The molecule has 0 bridgehead atoms. The van der Waals surface area contributed by atoms with Gasteiger partial charge in [-0.2, -0.15) is 0 Å². The quantitative estimate of drug-likeness (QED) is 0.248. The summed E-state index contributed by atoms with van der Waals surface area (Å²) in [6.07, 6.45) is 7.60. The van der Waals surface area contributed by atoms with Crippen molar-refractivity contribution in [1.29, 1.82) is 0 Å². The first-order valence-electron chi connectivity index (χ1n) is 12.7. The maximum Gasteiger partial charge on any atom is 0.234 e. The van der Waals surface area contributed by atoms with E-state index in [9.17, 15) is 0 Å². The Bertz CT molecular complexity index is 1950. The molecule has 0 radical (unpaired) electrons. The van der Waals surface area contributed by atoms with Gasteiger partial charge in [0.15, 0.2) is 0 Å². The molecule has 182 valence electrons. The Morgan fingerprint density at radius 3 is 1.45 bits per heavy atom. The van der Waals surface area contributed by atoms with E-state index in [1.54, 1.807) is 0 Å². The predicted octanol–water partition coefficient (Wildman–Crippen LogP) is 8.57. The van der Waals surface area contributed by atoms with E-state index in [0.29, 0.717) is 5.95 Å². The van der Waals surface area contributed by atoms with E-state index in [2.05, 4.69) is 109 Å². The molecule has 0 aliphatic heterocycles. The molecule has 0 amide bonds. The van der Waals surface area contributed by atoms with Crippen LogP contribution in [0.25, 0.3) is 67.4 Å². The van der Waals surface area contributed by atoms with Crippen LogP contribution < -0.4 is 0 Å². The molecule has 0 saturated carbocycles. The van der Waals surface area contributed by atoms with E-state index in [0.717, 1.165) is 38.9 Å². The van der Waals surface area contributed by atoms with E-state index in [1.807, 2.05) is 24.5 Å². The lowest BCUT2D eigenvalue weighted by Crippen LogP contribution is -2.03. The summed E-state index contributed by atoms with van der Waals surface area (Å²) in [5.74, 6) is 0.658. The molecule has 4 heteroatoms. The Morgan fingerprint density at radius 2 is 0.974 bits per heavy atom. The minimum absolute atomic E-state index is 0.658. The largest absolute Gasteiger partial charge is 0.306 e. The monoisotopic (exact) mass is 490 g/mol. The summed E-state index contributed by atoms with van der Waals surface area (Å²) in [4.78, 5) is 9.80. The van der Waals surface area contributed by atoms with Crippen LogP contribution >= 0.6 is 0 Å². The Hall–Kier alpha value is -4.96. The summed E-state index contributed by atoms with van der Waals surface area (Å²) in [5, 5.41) is 4.77. The summed E-state index contributed by atoms with van der Waals surface area (Å²) < 4.78 is 4.39. The van der Waals surface area contributed by atoms with Gasteiger partial charge < -0.3 is 4.57 Å². The highest BCUT2D eigenvalue weighted by Crippen LogP contribution is 2.35. The van der Waals surface area contributed by atoms with Crippen LogP contribution in [0.2, 0.25) is 0 Å². The van der Waals surface area contributed by atoms with Gasteiger partial charge in [-0.3, -0.25) is 4.57 Å². The van der Waals surface area contributed by atoms with Crippen molar-refractivity contribution >= 4 is 55.8 Å². The van der Waals surface area contributed by atoms with Crippen LogP contribution in [0.3, 0.4) is 0 Å². The van der Waals surface area contributed by atoms with Gasteiger partial charge in [0.1, 0.15) is 0 Å². The molecule has 7 aromatic rings. The highest BCUT2D eigenvalue weighted by Gasteiger charge is 2.17. The number of aryl methyl sites for hydroxylation is 2. The maximum atomic E-state index is 4.90. The zero-order chi connectivity index (χ0) is 26.0. The number of rotatable bonds is 4. The highest BCUT2D eigenvalue weighted by atomic mass is 15.2. The lowest BCUT2D eigenvalue weighted by atomic mass is 10.1. The first kappa shape index (κ1) is 22.3. The average molecular weight is 491 g/mol. The Kier molecular flexibility index (Phi) is 4.85. The van der Waals surface area contributed by atoms with Crippen LogP contribution in [0, 0.1) is 13.8 Å². The number of benzene rings is 4. The molecule has 0 aliphatic carbocycles. The maximum absolute atomic E-state index is 4.90. The molecular formula is C34H26N4. The molecule has 0 aliphatic rings. The zero-order valence-electron chi connectivity index (χ0n) is 21.4. The van der Waals surface area contributed by atoms with Gasteiger partial charge in [-0.15, -0.1) is 0 Å². The molecular weight excluding hydrogens is 464 g/mol. The first-order chi connectivity index (χ1) is 18.6. The van der Waals surface area contributed by atoms with Crippen LogP contribution in [0.4, 0.5) is 0 Å². The fraction of sp³-hybridized carbons (Fsp3) is 0.0588. The Balaban J connectivity index is 1.45. The summed E-state index contributed by atoms with van der Waals surface area (Å²) in [6, 6.07) is 26.0. The van der Waals surface area contributed by atoms with Crippen molar-refractivity contribution < 1.29 is 0 Å². The summed E-state index contributed by atoms with van der Waals surface area (Å²) in [7, 11) is 0. The van der Waals surface area contributed by atoms with Gasteiger partial charge in [-0.25, -0.2) is 9.97 Å². The predicted molar refractivity (Wildman–Crippen MR) is 160 cm³/mol. The molecule has 3 heterocycles. The third-order valence-electron chi connectivity index (χ3n) is 7.44. The third-order valence-corrected chi connectivity index (χ3v) is 7.44. The molecule has 38 heavy (non-hydrogen) atoms. The second kappa shape index (κ2) is 8.29. The van der Waals surface area contributed by atoms with Crippen molar-refractivity contribution in [3.05, 3.63) is 121 Å². The topological polar surface area (TPSA) is 35.6 Å². The van der Waals surface area contributed by atoms with E-state index in [1.165, 1.54) is 32.7 Å². The molecule has 3 aromatic heterocycles. The minimum atomic E-state index is 0.658. The number of nitrogens with zero attached hydrogens (tertiary/aromatic N) is 4. The van der Waals surface area contributed by atoms with Crippen LogP contribution in [0.5, 0.6) is 0 Å². The molecule has 0 fully saturated rings. The van der Waals surface area contributed by atoms with Crippen molar-refractivity contribution in [2.45, 2.75) is 13.8 Å². The standard InChI is InChI=1S/C34H26N4/c1-5-23-9-13-30-28(17-23)29-18-24(6-2)10-14-31(29)37(30)25-19-35-34(36-20-25)38-32-11-7-21(3)15-26(32)27-16-22(4)8-12-33(27)38/h5-20H,1-2H2,3-4H3. The number of hydrogen-bond acceptors (Lipinski definition) is 2. The van der Waals surface area contributed by atoms with Gasteiger partial charge in [-0.05, 0) is 73.5 Å². The summed E-state index contributed by atoms with van der Waals surface area (Å²) >= 11 is 0. The summed E-state index contributed by atoms with van der Waals surface area (Å²) in [5.41, 5.74) is 9.98. The zero-order valence-corrected chi connectivity index (χ0v) is 21.4. The van der Waals surface area contributed by atoms with Crippen molar-refractivity contribution in [2.75, 3.05) is 0 Å². The highest BCUT2D eigenvalue weighted by molar-refractivity contribution is 6.11. The second-order valence-corrected chi connectivity index (χ2v) is 9.91. The van der Waals surface area contributed by atoms with Gasteiger partial charge >= 0.3 is 0 Å². The molecule has 0 spiro atoms. The van der Waals surface area contributed by atoms with E-state index in [-0.39, 0.29) is 0 Å². The SMILES string of the molecule is C=Cc1ccc2c(c1)c1cc(C=C)ccc1n2-c1cnc(-n2c3ccc(C)cc3c3cc(C)ccc32)nc1. The van der Waals surface area contributed by atoms with Crippen LogP contribution in [-0.2, 0) is 0 Å². The van der Waals surface area contributed by atoms with Crippen LogP contribution in [0.15, 0.2) is 98.3 Å².